The summed E-state index contributed by atoms with van der Waals surface area (Å²) < 4.78 is 5.48. The SMILES string of the molecule is Cc1cccc(NC(=O)COc2ccc(C=NNC(=O)C(=O)Nc3ccccc3Cl)cc2)c1. The summed E-state index contributed by atoms with van der Waals surface area (Å²) in [5.74, 6) is -1.61. The number of ether oxygens (including phenoxy) is 1. The number of benzene rings is 3. The highest BCUT2D eigenvalue weighted by Gasteiger charge is 2.14. The molecule has 0 unspecified atom stereocenters. The third-order valence-electron chi connectivity index (χ3n) is 4.26. The van der Waals surface area contributed by atoms with Crippen molar-refractivity contribution in [1.29, 1.82) is 0 Å². The number of nitrogens with zero attached hydrogens (tertiary/aromatic N) is 1. The summed E-state index contributed by atoms with van der Waals surface area (Å²) in [6, 6.07) is 20.7. The average molecular weight is 465 g/mol. The van der Waals surface area contributed by atoms with Gasteiger partial charge >= 0.3 is 11.8 Å². The van der Waals surface area contributed by atoms with E-state index in [0.29, 0.717) is 27.7 Å². The summed E-state index contributed by atoms with van der Waals surface area (Å²) in [7, 11) is 0. The van der Waals surface area contributed by atoms with Gasteiger partial charge in [-0.3, -0.25) is 14.4 Å². The Labute approximate surface area is 195 Å². The van der Waals surface area contributed by atoms with Gasteiger partial charge in [-0.1, -0.05) is 35.9 Å². The zero-order valence-electron chi connectivity index (χ0n) is 17.7. The maximum Gasteiger partial charge on any atom is 0.329 e. The van der Waals surface area contributed by atoms with E-state index < -0.39 is 11.8 Å². The normalized spacial score (nSPS) is 10.5. The van der Waals surface area contributed by atoms with Crippen molar-refractivity contribution in [2.45, 2.75) is 6.92 Å². The summed E-state index contributed by atoms with van der Waals surface area (Å²) in [5.41, 5.74) is 4.87. The number of para-hydroxylation sites is 1. The van der Waals surface area contributed by atoms with E-state index in [2.05, 4.69) is 21.2 Å². The summed E-state index contributed by atoms with van der Waals surface area (Å²) >= 11 is 5.94. The molecule has 0 heterocycles. The quantitative estimate of drug-likeness (QED) is 0.281. The molecule has 168 valence electrons. The fourth-order valence-corrected chi connectivity index (χ4v) is 2.86. The Kier molecular flexibility index (Phi) is 8.15. The van der Waals surface area contributed by atoms with Crippen molar-refractivity contribution in [3.05, 3.63) is 88.9 Å². The smallest absolute Gasteiger partial charge is 0.329 e. The van der Waals surface area contributed by atoms with Crippen LogP contribution in [-0.2, 0) is 14.4 Å². The number of amides is 3. The molecule has 0 atom stereocenters. The van der Waals surface area contributed by atoms with E-state index in [1.54, 1.807) is 54.6 Å². The van der Waals surface area contributed by atoms with Gasteiger partial charge in [-0.05, 0) is 66.6 Å². The fourth-order valence-electron chi connectivity index (χ4n) is 2.68. The van der Waals surface area contributed by atoms with E-state index in [-0.39, 0.29) is 12.5 Å². The highest BCUT2D eigenvalue weighted by atomic mass is 35.5. The van der Waals surface area contributed by atoms with Crippen LogP contribution < -0.4 is 20.8 Å². The van der Waals surface area contributed by atoms with Crippen molar-refractivity contribution in [1.82, 2.24) is 5.43 Å². The largest absolute Gasteiger partial charge is 0.484 e. The molecule has 3 aromatic carbocycles. The van der Waals surface area contributed by atoms with Crippen LogP contribution in [0.1, 0.15) is 11.1 Å². The molecule has 33 heavy (non-hydrogen) atoms. The second kappa shape index (κ2) is 11.4. The molecule has 8 nitrogen and oxygen atoms in total. The molecular weight excluding hydrogens is 444 g/mol. The molecule has 0 aliphatic carbocycles. The first kappa shape index (κ1) is 23.5. The first-order valence-electron chi connectivity index (χ1n) is 9.89. The second-order valence-corrected chi connectivity index (χ2v) is 7.32. The zero-order chi connectivity index (χ0) is 23.6. The number of aryl methyl sites for hydroxylation is 1. The third kappa shape index (κ3) is 7.48. The molecule has 0 spiro atoms. The number of carbonyl (C=O) groups is 3. The van der Waals surface area contributed by atoms with Gasteiger partial charge < -0.3 is 15.4 Å². The number of hydrogen-bond donors (Lipinski definition) is 3. The molecule has 0 aliphatic rings. The minimum Gasteiger partial charge on any atom is -0.484 e. The van der Waals surface area contributed by atoms with Gasteiger partial charge in [-0.25, -0.2) is 5.43 Å². The molecular formula is C24H21ClN4O4. The Morgan fingerprint density at radius 3 is 2.42 bits per heavy atom. The lowest BCUT2D eigenvalue weighted by molar-refractivity contribution is -0.136. The van der Waals surface area contributed by atoms with Crippen LogP contribution in [0.4, 0.5) is 11.4 Å². The maximum atomic E-state index is 12.0. The molecule has 3 aromatic rings. The van der Waals surface area contributed by atoms with E-state index in [4.69, 9.17) is 16.3 Å². The number of hydrazone groups is 1. The van der Waals surface area contributed by atoms with Gasteiger partial charge in [0.2, 0.25) is 0 Å². The molecule has 9 heteroatoms. The van der Waals surface area contributed by atoms with Crippen LogP contribution in [0, 0.1) is 6.92 Å². The highest BCUT2D eigenvalue weighted by molar-refractivity contribution is 6.41. The van der Waals surface area contributed by atoms with Crippen molar-refractivity contribution in [3.8, 4) is 5.75 Å². The lowest BCUT2D eigenvalue weighted by Gasteiger charge is -2.08. The predicted octanol–water partition coefficient (Wildman–Crippen LogP) is 3.75. The van der Waals surface area contributed by atoms with Gasteiger partial charge in [0.05, 0.1) is 16.9 Å². The van der Waals surface area contributed by atoms with Gasteiger partial charge in [-0.15, -0.1) is 0 Å². The van der Waals surface area contributed by atoms with Gasteiger partial charge in [0, 0.05) is 5.69 Å². The Morgan fingerprint density at radius 1 is 0.939 bits per heavy atom. The highest BCUT2D eigenvalue weighted by Crippen LogP contribution is 2.20. The van der Waals surface area contributed by atoms with Crippen molar-refractivity contribution in [2.24, 2.45) is 5.10 Å². The van der Waals surface area contributed by atoms with Gasteiger partial charge in [-0.2, -0.15) is 5.10 Å². The molecule has 0 bridgehead atoms. The number of anilines is 2. The van der Waals surface area contributed by atoms with Crippen LogP contribution >= 0.6 is 11.6 Å². The Hall–Kier alpha value is -4.17. The lowest BCUT2D eigenvalue weighted by atomic mass is 10.2. The summed E-state index contributed by atoms with van der Waals surface area (Å²) in [6.07, 6.45) is 1.37. The Balaban J connectivity index is 1.44. The Morgan fingerprint density at radius 2 is 1.70 bits per heavy atom. The molecule has 0 fully saturated rings. The number of hydrogen-bond acceptors (Lipinski definition) is 5. The van der Waals surface area contributed by atoms with E-state index in [1.165, 1.54) is 6.21 Å². The summed E-state index contributed by atoms with van der Waals surface area (Å²) in [5, 5.41) is 9.24. The van der Waals surface area contributed by atoms with Crippen LogP contribution in [-0.4, -0.2) is 30.5 Å². The van der Waals surface area contributed by atoms with E-state index in [0.717, 1.165) is 5.56 Å². The van der Waals surface area contributed by atoms with Crippen molar-refractivity contribution >= 4 is 46.9 Å². The molecule has 0 radical (unpaired) electrons. The van der Waals surface area contributed by atoms with Crippen LogP contribution in [0.15, 0.2) is 77.9 Å². The van der Waals surface area contributed by atoms with Gasteiger partial charge in [0.15, 0.2) is 6.61 Å². The first-order chi connectivity index (χ1) is 15.9. The zero-order valence-corrected chi connectivity index (χ0v) is 18.4. The Bertz CT molecular complexity index is 1180. The van der Waals surface area contributed by atoms with Crippen molar-refractivity contribution in [2.75, 3.05) is 17.2 Å². The van der Waals surface area contributed by atoms with Crippen LogP contribution in [0.3, 0.4) is 0 Å². The molecule has 3 amide bonds. The summed E-state index contributed by atoms with van der Waals surface area (Å²) in [6.45, 7) is 1.80. The maximum absolute atomic E-state index is 12.0. The average Bonchev–Trinajstić information content (AvgIpc) is 2.80. The van der Waals surface area contributed by atoms with E-state index >= 15 is 0 Å². The van der Waals surface area contributed by atoms with Crippen molar-refractivity contribution < 1.29 is 19.1 Å². The van der Waals surface area contributed by atoms with Crippen molar-refractivity contribution in [3.63, 3.8) is 0 Å². The predicted molar refractivity (Wildman–Crippen MR) is 128 cm³/mol. The topological polar surface area (TPSA) is 109 Å². The molecule has 0 aromatic heterocycles. The second-order valence-electron chi connectivity index (χ2n) is 6.91. The van der Waals surface area contributed by atoms with E-state index in [1.807, 2.05) is 25.1 Å². The third-order valence-corrected chi connectivity index (χ3v) is 4.59. The van der Waals surface area contributed by atoms with Crippen LogP contribution in [0.5, 0.6) is 5.75 Å². The van der Waals surface area contributed by atoms with Gasteiger partial charge in [0.25, 0.3) is 5.91 Å². The standard InChI is InChI=1S/C24H21ClN4O4/c1-16-5-4-6-18(13-16)27-22(30)15-33-19-11-9-17(10-12-19)14-26-29-24(32)23(31)28-21-8-3-2-7-20(21)25/h2-14H,15H2,1H3,(H,27,30)(H,28,31)(H,29,32). The lowest BCUT2D eigenvalue weighted by Crippen LogP contribution is -2.32. The van der Waals surface area contributed by atoms with E-state index in [9.17, 15) is 14.4 Å². The minimum atomic E-state index is -0.939. The molecule has 0 saturated heterocycles. The monoisotopic (exact) mass is 464 g/mol. The number of carbonyl (C=O) groups excluding carboxylic acids is 3. The molecule has 0 aliphatic heterocycles. The van der Waals surface area contributed by atoms with Gasteiger partial charge in [0.1, 0.15) is 5.75 Å². The molecule has 3 rings (SSSR count). The fraction of sp³-hybridized carbons (Fsp3) is 0.0833. The summed E-state index contributed by atoms with van der Waals surface area (Å²) in [4.78, 5) is 35.8. The minimum absolute atomic E-state index is 0.141. The van der Waals surface area contributed by atoms with Crippen LogP contribution in [0.25, 0.3) is 0 Å². The number of halogens is 1. The van der Waals surface area contributed by atoms with Crippen LogP contribution in [0.2, 0.25) is 5.02 Å². The molecule has 3 N–H and O–H groups in total. The number of rotatable bonds is 7. The first-order valence-corrected chi connectivity index (χ1v) is 10.3. The molecule has 0 saturated carbocycles. The number of nitrogens with one attached hydrogen (secondary N) is 3.